The number of carbonyl (C=O) groups is 1. The number of quaternary nitrogens is 1. The molecule has 0 atom stereocenters. The van der Waals surface area contributed by atoms with Gasteiger partial charge < -0.3 is 9.64 Å². The van der Waals surface area contributed by atoms with Gasteiger partial charge in [0.2, 0.25) is 0 Å². The van der Waals surface area contributed by atoms with Crippen LogP contribution >= 0.6 is 0 Å². The van der Waals surface area contributed by atoms with Crippen molar-refractivity contribution in [1.82, 2.24) is 4.90 Å². The molecule has 1 N–H and O–H groups in total. The van der Waals surface area contributed by atoms with Crippen molar-refractivity contribution in [2.45, 2.75) is 0 Å². The normalized spacial score (nSPS) is 20.8. The standard InChI is InChI=1S/C8H16N2O2/c1-9-3-5-10(6-4-9)7-8(11)12-2/h3-7H2,1-2H3/p+1. The van der Waals surface area contributed by atoms with Crippen molar-refractivity contribution < 1.29 is 14.4 Å². The molecule has 0 saturated carbocycles. The number of rotatable bonds is 2. The molecule has 4 nitrogen and oxygen atoms in total. The summed E-state index contributed by atoms with van der Waals surface area (Å²) < 4.78 is 4.59. The Hall–Kier alpha value is -0.610. The first-order valence-corrected chi connectivity index (χ1v) is 4.33. The quantitative estimate of drug-likeness (QED) is 0.490. The Labute approximate surface area is 73.1 Å². The van der Waals surface area contributed by atoms with Crippen LogP contribution in [0.3, 0.4) is 0 Å². The van der Waals surface area contributed by atoms with E-state index in [1.165, 1.54) is 12.0 Å². The Morgan fingerprint density at radius 1 is 1.50 bits per heavy atom. The van der Waals surface area contributed by atoms with Crippen molar-refractivity contribution in [1.29, 1.82) is 0 Å². The van der Waals surface area contributed by atoms with E-state index in [1.54, 1.807) is 0 Å². The molecule has 1 aliphatic heterocycles. The minimum atomic E-state index is -0.130. The number of piperazine rings is 1. The van der Waals surface area contributed by atoms with Gasteiger partial charge in [-0.05, 0) is 0 Å². The van der Waals surface area contributed by atoms with E-state index in [4.69, 9.17) is 0 Å². The maximum absolute atomic E-state index is 10.9. The summed E-state index contributed by atoms with van der Waals surface area (Å²) in [7, 11) is 3.61. The molecule has 1 fully saturated rings. The molecule has 0 spiro atoms. The molecule has 0 unspecified atom stereocenters. The molecule has 4 heteroatoms. The van der Waals surface area contributed by atoms with Crippen LogP contribution in [0.25, 0.3) is 0 Å². The van der Waals surface area contributed by atoms with E-state index in [2.05, 4.69) is 16.7 Å². The third-order valence-corrected chi connectivity index (χ3v) is 2.29. The second-order valence-corrected chi connectivity index (χ2v) is 3.31. The molecule has 0 aliphatic carbocycles. The predicted octanol–water partition coefficient (Wildman–Crippen LogP) is -2.01. The van der Waals surface area contributed by atoms with E-state index >= 15 is 0 Å². The molecule has 1 heterocycles. The molecule has 0 bridgehead atoms. The molecule has 0 aromatic carbocycles. The summed E-state index contributed by atoms with van der Waals surface area (Å²) in [6.45, 7) is 4.69. The Morgan fingerprint density at radius 3 is 2.58 bits per heavy atom. The summed E-state index contributed by atoms with van der Waals surface area (Å²) in [4.78, 5) is 14.6. The first-order chi connectivity index (χ1) is 5.72. The molecule has 0 aromatic rings. The number of carbonyl (C=O) groups excluding carboxylic acids is 1. The fourth-order valence-electron chi connectivity index (χ4n) is 1.34. The molecule has 70 valence electrons. The molecule has 12 heavy (non-hydrogen) atoms. The largest absolute Gasteiger partial charge is 0.468 e. The lowest BCUT2D eigenvalue weighted by Gasteiger charge is -2.28. The number of nitrogens with one attached hydrogen (secondary N) is 1. The van der Waals surface area contributed by atoms with Gasteiger partial charge in [0.15, 0.2) is 0 Å². The Balaban J connectivity index is 2.21. The number of likely N-dealkylation sites (N-methyl/N-ethyl adjacent to an activating group) is 1. The van der Waals surface area contributed by atoms with Gasteiger partial charge in [0.05, 0.1) is 33.8 Å². The van der Waals surface area contributed by atoms with Gasteiger partial charge in [-0.25, -0.2) is 0 Å². The zero-order valence-corrected chi connectivity index (χ0v) is 7.80. The molecular weight excluding hydrogens is 156 g/mol. The van der Waals surface area contributed by atoms with Crippen molar-refractivity contribution in [3.05, 3.63) is 0 Å². The van der Waals surface area contributed by atoms with Crippen LogP contribution in [0.15, 0.2) is 0 Å². The number of methoxy groups -OCH3 is 1. The van der Waals surface area contributed by atoms with Gasteiger partial charge in [-0.2, -0.15) is 0 Å². The highest BCUT2D eigenvalue weighted by atomic mass is 16.5. The summed E-state index contributed by atoms with van der Waals surface area (Å²) in [5, 5.41) is 0. The van der Waals surface area contributed by atoms with Crippen LogP contribution < -0.4 is 4.90 Å². The molecule has 1 rings (SSSR count). The van der Waals surface area contributed by atoms with Crippen molar-refractivity contribution in [2.24, 2.45) is 0 Å². The molecule has 0 radical (unpaired) electrons. The Bertz CT molecular complexity index is 153. The maximum atomic E-state index is 10.9. The average Bonchev–Trinajstić information content (AvgIpc) is 2.09. The molecule has 1 aliphatic rings. The summed E-state index contributed by atoms with van der Waals surface area (Å²) in [6, 6.07) is 0. The third kappa shape index (κ3) is 2.79. The summed E-state index contributed by atoms with van der Waals surface area (Å²) in [5.41, 5.74) is 0. The highest BCUT2D eigenvalue weighted by Gasteiger charge is 2.18. The fourth-order valence-corrected chi connectivity index (χ4v) is 1.34. The lowest BCUT2D eigenvalue weighted by Crippen LogP contribution is -3.12. The van der Waals surface area contributed by atoms with Crippen molar-refractivity contribution >= 4 is 5.97 Å². The maximum Gasteiger partial charge on any atom is 0.319 e. The van der Waals surface area contributed by atoms with Gasteiger partial charge in [0.1, 0.15) is 0 Å². The Kier molecular flexibility index (Phi) is 3.49. The van der Waals surface area contributed by atoms with E-state index in [0.717, 1.165) is 26.2 Å². The second kappa shape index (κ2) is 4.42. The van der Waals surface area contributed by atoms with E-state index < -0.39 is 0 Å². The average molecular weight is 173 g/mol. The SMILES string of the molecule is COC(=O)CN1CC[NH+](C)CC1. The summed E-state index contributed by atoms with van der Waals surface area (Å²) in [5.74, 6) is -0.130. The summed E-state index contributed by atoms with van der Waals surface area (Å²) >= 11 is 0. The summed E-state index contributed by atoms with van der Waals surface area (Å²) in [6.07, 6.45) is 0. The molecular formula is C8H17N2O2+. The minimum Gasteiger partial charge on any atom is -0.468 e. The zero-order valence-electron chi connectivity index (χ0n) is 7.80. The van der Waals surface area contributed by atoms with Crippen LogP contribution in [-0.2, 0) is 9.53 Å². The lowest BCUT2D eigenvalue weighted by molar-refractivity contribution is -0.884. The van der Waals surface area contributed by atoms with Crippen molar-refractivity contribution in [3.8, 4) is 0 Å². The third-order valence-electron chi connectivity index (χ3n) is 2.29. The first-order valence-electron chi connectivity index (χ1n) is 4.33. The van der Waals surface area contributed by atoms with Crippen molar-refractivity contribution in [3.63, 3.8) is 0 Å². The molecule has 0 aromatic heterocycles. The number of esters is 1. The van der Waals surface area contributed by atoms with Crippen LogP contribution in [-0.4, -0.2) is 57.8 Å². The van der Waals surface area contributed by atoms with E-state index in [9.17, 15) is 4.79 Å². The predicted molar refractivity (Wildman–Crippen MR) is 45.1 cm³/mol. The smallest absolute Gasteiger partial charge is 0.319 e. The van der Waals surface area contributed by atoms with E-state index in [0.29, 0.717) is 6.54 Å². The van der Waals surface area contributed by atoms with Crippen LogP contribution in [0.2, 0.25) is 0 Å². The van der Waals surface area contributed by atoms with Gasteiger partial charge in [-0.3, -0.25) is 9.69 Å². The van der Waals surface area contributed by atoms with Gasteiger partial charge in [0.25, 0.3) is 0 Å². The van der Waals surface area contributed by atoms with E-state index in [-0.39, 0.29) is 5.97 Å². The Morgan fingerprint density at radius 2 is 2.08 bits per heavy atom. The first kappa shape index (κ1) is 9.48. The fraction of sp³-hybridized carbons (Fsp3) is 0.875. The van der Waals surface area contributed by atoms with Crippen molar-refractivity contribution in [2.75, 3.05) is 46.9 Å². The lowest BCUT2D eigenvalue weighted by atomic mass is 10.3. The van der Waals surface area contributed by atoms with Crippen LogP contribution in [0.1, 0.15) is 0 Å². The molecule has 0 amide bonds. The van der Waals surface area contributed by atoms with Gasteiger partial charge in [-0.1, -0.05) is 0 Å². The second-order valence-electron chi connectivity index (χ2n) is 3.31. The molecule has 1 saturated heterocycles. The highest BCUT2D eigenvalue weighted by molar-refractivity contribution is 5.71. The minimum absolute atomic E-state index is 0.130. The van der Waals surface area contributed by atoms with E-state index in [1.807, 2.05) is 0 Å². The number of ether oxygens (including phenoxy) is 1. The zero-order chi connectivity index (χ0) is 8.97. The monoisotopic (exact) mass is 173 g/mol. The topological polar surface area (TPSA) is 34.0 Å². The van der Waals surface area contributed by atoms with Gasteiger partial charge >= 0.3 is 5.97 Å². The number of hydrogen-bond donors (Lipinski definition) is 1. The van der Waals surface area contributed by atoms with Gasteiger partial charge in [-0.15, -0.1) is 0 Å². The number of nitrogens with zero attached hydrogens (tertiary/aromatic N) is 1. The van der Waals surface area contributed by atoms with Crippen LogP contribution in [0.4, 0.5) is 0 Å². The highest BCUT2D eigenvalue weighted by Crippen LogP contribution is 1.89. The van der Waals surface area contributed by atoms with Crippen LogP contribution in [0.5, 0.6) is 0 Å². The van der Waals surface area contributed by atoms with Gasteiger partial charge in [0, 0.05) is 13.1 Å². The van der Waals surface area contributed by atoms with Crippen LogP contribution in [0, 0.1) is 0 Å². The number of hydrogen-bond acceptors (Lipinski definition) is 3.